The van der Waals surface area contributed by atoms with Crippen LogP contribution in [0.3, 0.4) is 0 Å². The predicted octanol–water partition coefficient (Wildman–Crippen LogP) is 3.26. The molecule has 0 aliphatic rings. The van der Waals surface area contributed by atoms with Crippen LogP contribution in [0.4, 0.5) is 0 Å². The van der Waals surface area contributed by atoms with Gasteiger partial charge < -0.3 is 10.1 Å². The van der Waals surface area contributed by atoms with E-state index in [1.165, 1.54) is 37.0 Å². The lowest BCUT2D eigenvalue weighted by Crippen LogP contribution is -2.20. The van der Waals surface area contributed by atoms with Gasteiger partial charge in [-0.25, -0.2) is 0 Å². The molecule has 1 aromatic heterocycles. The van der Waals surface area contributed by atoms with Crippen LogP contribution in [0.25, 0.3) is 0 Å². The average molecular weight is 255 g/mol. The van der Waals surface area contributed by atoms with Gasteiger partial charge in [0.15, 0.2) is 0 Å². The highest BCUT2D eigenvalue weighted by molar-refractivity contribution is 7.11. The third-order valence-electron chi connectivity index (χ3n) is 2.83. The summed E-state index contributed by atoms with van der Waals surface area (Å²) in [6.45, 7) is 5.13. The zero-order valence-electron chi connectivity index (χ0n) is 11.1. The second-order valence-electron chi connectivity index (χ2n) is 4.28. The van der Waals surface area contributed by atoms with Crippen molar-refractivity contribution in [3.63, 3.8) is 0 Å². The Morgan fingerprint density at radius 3 is 2.65 bits per heavy atom. The molecule has 0 saturated carbocycles. The molecule has 0 radical (unpaired) electrons. The van der Waals surface area contributed by atoms with Crippen molar-refractivity contribution in [1.82, 2.24) is 5.32 Å². The molecule has 0 fully saturated rings. The molecule has 0 unspecified atom stereocenters. The van der Waals surface area contributed by atoms with Crippen molar-refractivity contribution in [3.8, 4) is 0 Å². The highest BCUT2D eigenvalue weighted by Crippen LogP contribution is 2.19. The number of hydrogen-bond donors (Lipinski definition) is 1. The van der Waals surface area contributed by atoms with Gasteiger partial charge in [0.25, 0.3) is 0 Å². The van der Waals surface area contributed by atoms with Gasteiger partial charge in [-0.2, -0.15) is 0 Å². The summed E-state index contributed by atoms with van der Waals surface area (Å²) in [6.07, 6.45) is 6.33. The molecule has 0 aliphatic carbocycles. The van der Waals surface area contributed by atoms with E-state index in [4.69, 9.17) is 4.74 Å². The minimum absolute atomic E-state index is 0.814. The normalized spacial score (nSPS) is 10.9. The summed E-state index contributed by atoms with van der Waals surface area (Å²) >= 11 is 1.98. The van der Waals surface area contributed by atoms with Crippen LogP contribution >= 0.6 is 11.3 Å². The van der Waals surface area contributed by atoms with E-state index in [9.17, 15) is 0 Å². The van der Waals surface area contributed by atoms with E-state index in [0.29, 0.717) is 0 Å². The lowest BCUT2D eigenvalue weighted by molar-refractivity contribution is 0.199. The van der Waals surface area contributed by atoms with Crippen LogP contribution in [0.5, 0.6) is 0 Å². The van der Waals surface area contributed by atoms with E-state index in [1.807, 2.05) is 11.3 Å². The first-order chi connectivity index (χ1) is 8.36. The maximum Gasteiger partial charge on any atom is 0.0587 e. The summed E-state index contributed by atoms with van der Waals surface area (Å²) < 4.78 is 4.98. The number of nitrogens with one attached hydrogen (secondary N) is 1. The molecule has 1 aromatic rings. The summed E-state index contributed by atoms with van der Waals surface area (Å²) in [5.41, 5.74) is 0. The molecule has 0 spiro atoms. The molecular formula is C14H25NOS. The third-order valence-corrected chi connectivity index (χ3v) is 4.11. The summed E-state index contributed by atoms with van der Waals surface area (Å²) in [6, 6.07) is 4.56. The van der Waals surface area contributed by atoms with Crippen LogP contribution in [-0.4, -0.2) is 26.8 Å². The third kappa shape index (κ3) is 6.81. The largest absolute Gasteiger partial charge is 0.383 e. The Labute approximate surface area is 109 Å². The fraction of sp³-hybridized carbons (Fsp3) is 0.714. The molecule has 0 aromatic carbocycles. The van der Waals surface area contributed by atoms with Crippen molar-refractivity contribution in [2.75, 3.05) is 26.8 Å². The van der Waals surface area contributed by atoms with Crippen LogP contribution in [0.2, 0.25) is 0 Å². The molecule has 1 rings (SSSR count). The summed E-state index contributed by atoms with van der Waals surface area (Å²) in [5.74, 6) is 0. The van der Waals surface area contributed by atoms with Gasteiger partial charge >= 0.3 is 0 Å². The molecule has 1 N–H and O–H groups in total. The zero-order valence-corrected chi connectivity index (χ0v) is 11.9. The van der Waals surface area contributed by atoms with E-state index in [2.05, 4.69) is 24.4 Å². The molecule has 0 bridgehead atoms. The van der Waals surface area contributed by atoms with Crippen molar-refractivity contribution < 1.29 is 4.74 Å². The fourth-order valence-corrected chi connectivity index (χ4v) is 2.77. The first kappa shape index (κ1) is 14.7. The molecule has 1 heterocycles. The number of hydrogen-bond acceptors (Lipinski definition) is 3. The zero-order chi connectivity index (χ0) is 12.3. The quantitative estimate of drug-likeness (QED) is 0.648. The molecule has 0 aliphatic heterocycles. The molecule has 17 heavy (non-hydrogen) atoms. The van der Waals surface area contributed by atoms with Gasteiger partial charge in [0, 0.05) is 23.4 Å². The molecule has 3 heteroatoms. The van der Waals surface area contributed by atoms with Crippen LogP contribution in [0.15, 0.2) is 12.1 Å². The van der Waals surface area contributed by atoms with E-state index >= 15 is 0 Å². The van der Waals surface area contributed by atoms with Gasteiger partial charge in [-0.05, 0) is 44.4 Å². The predicted molar refractivity (Wildman–Crippen MR) is 76.0 cm³/mol. The van der Waals surface area contributed by atoms with E-state index in [1.54, 1.807) is 12.0 Å². The summed E-state index contributed by atoms with van der Waals surface area (Å²) in [5, 5.41) is 3.38. The highest BCUT2D eigenvalue weighted by Gasteiger charge is 1.98. The fourth-order valence-electron chi connectivity index (χ4n) is 1.77. The van der Waals surface area contributed by atoms with Crippen molar-refractivity contribution >= 4 is 11.3 Å². The van der Waals surface area contributed by atoms with Gasteiger partial charge in [0.2, 0.25) is 0 Å². The van der Waals surface area contributed by atoms with Crippen molar-refractivity contribution in [1.29, 1.82) is 0 Å². The minimum atomic E-state index is 0.814. The molecular weight excluding hydrogens is 230 g/mol. The maximum atomic E-state index is 4.98. The Bertz CT molecular complexity index is 286. The lowest BCUT2D eigenvalue weighted by atomic mass is 10.2. The topological polar surface area (TPSA) is 21.3 Å². The van der Waals surface area contributed by atoms with Gasteiger partial charge in [-0.15, -0.1) is 11.3 Å². The number of unbranched alkanes of at least 4 members (excludes halogenated alkanes) is 2. The van der Waals surface area contributed by atoms with E-state index in [0.717, 1.165) is 19.7 Å². The van der Waals surface area contributed by atoms with Crippen LogP contribution in [0.1, 0.15) is 35.9 Å². The number of methoxy groups -OCH3 is 1. The van der Waals surface area contributed by atoms with Crippen molar-refractivity contribution in [2.45, 2.75) is 39.0 Å². The SMILES string of the molecule is CCc1ccc(CCCCCNCCOC)s1. The van der Waals surface area contributed by atoms with Crippen LogP contribution in [-0.2, 0) is 17.6 Å². The molecule has 2 nitrogen and oxygen atoms in total. The minimum Gasteiger partial charge on any atom is -0.383 e. The molecule has 0 saturated heterocycles. The first-order valence-electron chi connectivity index (χ1n) is 6.64. The lowest BCUT2D eigenvalue weighted by Gasteiger charge is -2.03. The van der Waals surface area contributed by atoms with Gasteiger partial charge in [-0.1, -0.05) is 13.3 Å². The van der Waals surface area contributed by atoms with Crippen molar-refractivity contribution in [3.05, 3.63) is 21.9 Å². The molecule has 98 valence electrons. The first-order valence-corrected chi connectivity index (χ1v) is 7.45. The second kappa shape index (κ2) is 9.63. The van der Waals surface area contributed by atoms with Gasteiger partial charge in [0.05, 0.1) is 6.61 Å². The summed E-state index contributed by atoms with van der Waals surface area (Å²) in [4.78, 5) is 3.07. The van der Waals surface area contributed by atoms with Crippen molar-refractivity contribution in [2.24, 2.45) is 0 Å². The monoisotopic (exact) mass is 255 g/mol. The Hall–Kier alpha value is -0.380. The maximum absolute atomic E-state index is 4.98. The average Bonchev–Trinajstić information content (AvgIpc) is 2.80. The molecule has 0 atom stereocenters. The molecule has 0 amide bonds. The second-order valence-corrected chi connectivity index (χ2v) is 5.53. The Balaban J connectivity index is 1.93. The number of ether oxygens (including phenoxy) is 1. The number of rotatable bonds is 10. The summed E-state index contributed by atoms with van der Waals surface area (Å²) in [7, 11) is 1.74. The van der Waals surface area contributed by atoms with Gasteiger partial charge in [-0.3, -0.25) is 0 Å². The van der Waals surface area contributed by atoms with Crippen LogP contribution < -0.4 is 5.32 Å². The number of aryl methyl sites for hydroxylation is 2. The van der Waals surface area contributed by atoms with Crippen LogP contribution in [0, 0.1) is 0 Å². The standard InChI is InChI=1S/C14H25NOS/c1-3-13-8-9-14(17-13)7-5-4-6-10-15-11-12-16-2/h8-9,15H,3-7,10-12H2,1-2H3. The highest BCUT2D eigenvalue weighted by atomic mass is 32.1. The Kier molecular flexibility index (Phi) is 8.32. The Morgan fingerprint density at radius 1 is 1.12 bits per heavy atom. The van der Waals surface area contributed by atoms with Gasteiger partial charge in [0.1, 0.15) is 0 Å². The smallest absolute Gasteiger partial charge is 0.0587 e. The Morgan fingerprint density at radius 2 is 1.94 bits per heavy atom. The van der Waals surface area contributed by atoms with E-state index < -0.39 is 0 Å². The van der Waals surface area contributed by atoms with E-state index in [-0.39, 0.29) is 0 Å². The number of thiophene rings is 1.